The van der Waals surface area contributed by atoms with Gasteiger partial charge in [0.1, 0.15) is 0 Å². The van der Waals surface area contributed by atoms with Gasteiger partial charge in [0.2, 0.25) is 0 Å². The van der Waals surface area contributed by atoms with Gasteiger partial charge in [0, 0.05) is 12.6 Å². The molecule has 0 aliphatic carbocycles. The van der Waals surface area contributed by atoms with Gasteiger partial charge >= 0.3 is 0 Å². The molecule has 0 atom stereocenters. The highest BCUT2D eigenvalue weighted by Crippen LogP contribution is 2.11. The van der Waals surface area contributed by atoms with Gasteiger partial charge in [-0.15, -0.1) is 0 Å². The lowest BCUT2D eigenvalue weighted by molar-refractivity contribution is 0.483. The average molecular weight is 205 g/mol. The Morgan fingerprint density at radius 1 is 1.13 bits per heavy atom. The summed E-state index contributed by atoms with van der Waals surface area (Å²) in [6.07, 6.45) is 2.42. The van der Waals surface area contributed by atoms with Crippen LogP contribution in [0.5, 0.6) is 0 Å². The van der Waals surface area contributed by atoms with Gasteiger partial charge in [-0.1, -0.05) is 37.6 Å². The van der Waals surface area contributed by atoms with Gasteiger partial charge in [-0.05, 0) is 37.8 Å². The summed E-state index contributed by atoms with van der Waals surface area (Å²) >= 11 is 0. The van der Waals surface area contributed by atoms with E-state index in [1.807, 2.05) is 0 Å². The Kier molecular flexibility index (Phi) is 4.83. The van der Waals surface area contributed by atoms with Crippen molar-refractivity contribution in [3.05, 3.63) is 34.9 Å². The fourth-order valence-corrected chi connectivity index (χ4v) is 1.88. The molecule has 0 bridgehead atoms. The molecule has 1 N–H and O–H groups in total. The minimum Gasteiger partial charge on any atom is -0.310 e. The Bertz CT molecular complexity index is 300. The fourth-order valence-electron chi connectivity index (χ4n) is 1.88. The number of rotatable bonds is 5. The molecular formula is C14H23N. The zero-order valence-corrected chi connectivity index (χ0v) is 10.4. The Morgan fingerprint density at radius 3 is 2.33 bits per heavy atom. The van der Waals surface area contributed by atoms with E-state index in [0.29, 0.717) is 6.04 Å². The van der Waals surface area contributed by atoms with Crippen LogP contribution in [0.15, 0.2) is 18.2 Å². The van der Waals surface area contributed by atoms with E-state index in [1.165, 1.54) is 29.5 Å². The Labute approximate surface area is 93.9 Å². The molecule has 0 aromatic heterocycles. The third-order valence-electron chi connectivity index (χ3n) is 3.06. The molecule has 1 aromatic carbocycles. The van der Waals surface area contributed by atoms with Crippen molar-refractivity contribution in [3.63, 3.8) is 0 Å². The number of aryl methyl sites for hydroxylation is 2. The van der Waals surface area contributed by atoms with Crippen molar-refractivity contribution in [1.82, 2.24) is 5.32 Å². The van der Waals surface area contributed by atoms with E-state index in [0.717, 1.165) is 6.54 Å². The molecule has 15 heavy (non-hydrogen) atoms. The first-order valence-electron chi connectivity index (χ1n) is 5.96. The minimum atomic E-state index is 0.658. The molecule has 0 saturated carbocycles. The second-order valence-electron chi connectivity index (χ2n) is 4.32. The van der Waals surface area contributed by atoms with Gasteiger partial charge in [0.05, 0.1) is 0 Å². The molecule has 1 heteroatoms. The zero-order valence-electron chi connectivity index (χ0n) is 10.4. The predicted octanol–water partition coefficient (Wildman–Crippen LogP) is 3.58. The molecule has 1 nitrogen and oxygen atoms in total. The SMILES string of the molecule is CCC(CC)NCc1ccc(C)cc1C. The van der Waals surface area contributed by atoms with Crippen LogP contribution in [0.4, 0.5) is 0 Å². The predicted molar refractivity (Wildman–Crippen MR) is 67.1 cm³/mol. The van der Waals surface area contributed by atoms with Crippen LogP contribution in [0.1, 0.15) is 43.4 Å². The van der Waals surface area contributed by atoms with Crippen LogP contribution in [-0.2, 0) is 6.54 Å². The Hall–Kier alpha value is -0.820. The summed E-state index contributed by atoms with van der Waals surface area (Å²) in [5.41, 5.74) is 4.17. The van der Waals surface area contributed by atoms with E-state index in [9.17, 15) is 0 Å². The molecule has 0 amide bonds. The lowest BCUT2D eigenvalue weighted by atomic mass is 10.0. The highest BCUT2D eigenvalue weighted by molar-refractivity contribution is 5.30. The van der Waals surface area contributed by atoms with E-state index < -0.39 is 0 Å². The molecular weight excluding hydrogens is 182 g/mol. The van der Waals surface area contributed by atoms with Gasteiger partial charge < -0.3 is 5.32 Å². The lowest BCUT2D eigenvalue weighted by Gasteiger charge is -2.15. The van der Waals surface area contributed by atoms with E-state index in [4.69, 9.17) is 0 Å². The second kappa shape index (κ2) is 5.92. The first-order valence-corrected chi connectivity index (χ1v) is 5.96. The summed E-state index contributed by atoms with van der Waals surface area (Å²) in [4.78, 5) is 0. The van der Waals surface area contributed by atoms with E-state index in [1.54, 1.807) is 0 Å². The van der Waals surface area contributed by atoms with E-state index in [-0.39, 0.29) is 0 Å². The van der Waals surface area contributed by atoms with Gasteiger partial charge in [-0.25, -0.2) is 0 Å². The van der Waals surface area contributed by atoms with Crippen LogP contribution in [-0.4, -0.2) is 6.04 Å². The van der Waals surface area contributed by atoms with Crippen LogP contribution in [0, 0.1) is 13.8 Å². The maximum Gasteiger partial charge on any atom is 0.0210 e. The largest absolute Gasteiger partial charge is 0.310 e. The molecule has 0 radical (unpaired) electrons. The number of nitrogens with one attached hydrogen (secondary N) is 1. The highest BCUT2D eigenvalue weighted by Gasteiger charge is 2.03. The molecule has 0 aliphatic heterocycles. The summed E-state index contributed by atoms with van der Waals surface area (Å²) < 4.78 is 0. The second-order valence-corrected chi connectivity index (χ2v) is 4.32. The molecule has 0 spiro atoms. The van der Waals surface area contributed by atoms with Gasteiger partial charge in [-0.2, -0.15) is 0 Å². The minimum absolute atomic E-state index is 0.658. The van der Waals surface area contributed by atoms with Crippen molar-refractivity contribution < 1.29 is 0 Å². The van der Waals surface area contributed by atoms with Crippen molar-refractivity contribution in [1.29, 1.82) is 0 Å². The standard InChI is InChI=1S/C14H23N/c1-5-14(6-2)15-10-13-8-7-11(3)9-12(13)4/h7-9,14-15H,5-6,10H2,1-4H3. The summed E-state index contributed by atoms with van der Waals surface area (Å²) in [6, 6.07) is 7.34. The highest BCUT2D eigenvalue weighted by atomic mass is 14.9. The third-order valence-corrected chi connectivity index (χ3v) is 3.06. The van der Waals surface area contributed by atoms with Crippen molar-refractivity contribution in [2.75, 3.05) is 0 Å². The van der Waals surface area contributed by atoms with E-state index in [2.05, 4.69) is 51.2 Å². The van der Waals surface area contributed by atoms with Crippen LogP contribution in [0.25, 0.3) is 0 Å². The van der Waals surface area contributed by atoms with Crippen molar-refractivity contribution in [2.45, 2.75) is 53.1 Å². The van der Waals surface area contributed by atoms with Crippen molar-refractivity contribution in [2.24, 2.45) is 0 Å². The molecule has 0 heterocycles. The molecule has 0 unspecified atom stereocenters. The summed E-state index contributed by atoms with van der Waals surface area (Å²) in [6.45, 7) is 9.81. The van der Waals surface area contributed by atoms with Crippen LogP contribution < -0.4 is 5.32 Å². The molecule has 0 fully saturated rings. The van der Waals surface area contributed by atoms with Crippen molar-refractivity contribution >= 4 is 0 Å². The van der Waals surface area contributed by atoms with Gasteiger partial charge in [-0.3, -0.25) is 0 Å². The number of benzene rings is 1. The summed E-state index contributed by atoms with van der Waals surface area (Å²) in [7, 11) is 0. The quantitative estimate of drug-likeness (QED) is 0.774. The topological polar surface area (TPSA) is 12.0 Å². The maximum atomic E-state index is 3.60. The smallest absolute Gasteiger partial charge is 0.0210 e. The van der Waals surface area contributed by atoms with Crippen molar-refractivity contribution in [3.8, 4) is 0 Å². The lowest BCUT2D eigenvalue weighted by Crippen LogP contribution is -2.27. The average Bonchev–Trinajstić information content (AvgIpc) is 2.22. The number of hydrogen-bond acceptors (Lipinski definition) is 1. The molecule has 1 aromatic rings. The first-order chi connectivity index (χ1) is 7.17. The van der Waals surface area contributed by atoms with Crippen LogP contribution in [0.3, 0.4) is 0 Å². The normalized spacial score (nSPS) is 11.0. The molecule has 1 rings (SSSR count). The molecule has 0 saturated heterocycles. The third kappa shape index (κ3) is 3.67. The molecule has 0 aliphatic rings. The first kappa shape index (κ1) is 12.3. The Morgan fingerprint density at radius 2 is 1.80 bits per heavy atom. The maximum absolute atomic E-state index is 3.60. The van der Waals surface area contributed by atoms with Crippen LogP contribution >= 0.6 is 0 Å². The number of hydrogen-bond donors (Lipinski definition) is 1. The van der Waals surface area contributed by atoms with E-state index >= 15 is 0 Å². The molecule has 84 valence electrons. The zero-order chi connectivity index (χ0) is 11.3. The van der Waals surface area contributed by atoms with Gasteiger partial charge in [0.15, 0.2) is 0 Å². The van der Waals surface area contributed by atoms with Crippen LogP contribution in [0.2, 0.25) is 0 Å². The van der Waals surface area contributed by atoms with Gasteiger partial charge in [0.25, 0.3) is 0 Å². The Balaban J connectivity index is 2.57. The summed E-state index contributed by atoms with van der Waals surface area (Å²) in [5, 5.41) is 3.60. The monoisotopic (exact) mass is 205 g/mol. The fraction of sp³-hybridized carbons (Fsp3) is 0.571. The summed E-state index contributed by atoms with van der Waals surface area (Å²) in [5.74, 6) is 0.